The number of carbonyl (C=O) groups is 1. The van der Waals surface area contributed by atoms with Gasteiger partial charge in [-0.15, -0.1) is 0 Å². The molecule has 0 fully saturated rings. The maximum atomic E-state index is 12.0. The van der Waals surface area contributed by atoms with Crippen molar-refractivity contribution in [1.29, 1.82) is 0 Å². The highest BCUT2D eigenvalue weighted by atomic mass is 16.1. The molecule has 2 aromatic carbocycles. The fraction of sp³-hybridized carbons (Fsp3) is 0.111. The predicted octanol–water partition coefficient (Wildman–Crippen LogP) is 2.91. The second-order valence-electron chi connectivity index (χ2n) is 5.46. The van der Waals surface area contributed by atoms with E-state index in [1.807, 2.05) is 42.5 Å². The molecule has 5 heteroatoms. The van der Waals surface area contributed by atoms with Gasteiger partial charge in [-0.05, 0) is 17.2 Å². The van der Waals surface area contributed by atoms with Gasteiger partial charge >= 0.3 is 0 Å². The first kappa shape index (κ1) is 14.8. The number of primary amides is 1. The van der Waals surface area contributed by atoms with Gasteiger partial charge in [-0.1, -0.05) is 49.4 Å². The van der Waals surface area contributed by atoms with Gasteiger partial charge in [0.05, 0.1) is 11.3 Å². The Morgan fingerprint density at radius 2 is 1.87 bits per heavy atom. The highest BCUT2D eigenvalue weighted by Gasteiger charge is 2.20. The standard InChI is InChI=1S/C18H18N4O/c1-11(12-5-3-2-4-6-12)13-7-8-14(15-9-10-21-22-15)16(17(13)19)18(20)23/h2-11H,19H2,1H3,(H2,20,23)(H,21,22). The van der Waals surface area contributed by atoms with Crippen molar-refractivity contribution >= 4 is 11.6 Å². The lowest BCUT2D eigenvalue weighted by molar-refractivity contribution is 0.100. The number of hydrogen-bond acceptors (Lipinski definition) is 3. The van der Waals surface area contributed by atoms with Crippen LogP contribution in [0.4, 0.5) is 5.69 Å². The summed E-state index contributed by atoms with van der Waals surface area (Å²) in [6, 6.07) is 15.6. The number of nitrogens with zero attached hydrogens (tertiary/aromatic N) is 1. The lowest BCUT2D eigenvalue weighted by Crippen LogP contribution is -2.17. The highest BCUT2D eigenvalue weighted by molar-refractivity contribution is 6.05. The Balaban J connectivity index is 2.14. The molecule has 0 aliphatic carbocycles. The van der Waals surface area contributed by atoms with Crippen LogP contribution in [0.3, 0.4) is 0 Å². The van der Waals surface area contributed by atoms with E-state index in [1.165, 1.54) is 0 Å². The molecule has 0 bridgehead atoms. The molecule has 116 valence electrons. The Morgan fingerprint density at radius 1 is 1.13 bits per heavy atom. The number of aromatic nitrogens is 2. The molecule has 1 atom stereocenters. The summed E-state index contributed by atoms with van der Waals surface area (Å²) in [5.74, 6) is -0.487. The fourth-order valence-electron chi connectivity index (χ4n) is 2.83. The second kappa shape index (κ2) is 5.96. The molecule has 5 N–H and O–H groups in total. The smallest absolute Gasteiger partial charge is 0.251 e. The number of carbonyl (C=O) groups excluding carboxylic acids is 1. The first-order valence-corrected chi connectivity index (χ1v) is 7.36. The van der Waals surface area contributed by atoms with E-state index in [1.54, 1.807) is 12.3 Å². The summed E-state index contributed by atoms with van der Waals surface area (Å²) in [6.45, 7) is 2.06. The lowest BCUT2D eigenvalue weighted by atomic mass is 9.88. The average Bonchev–Trinajstić information content (AvgIpc) is 3.08. The van der Waals surface area contributed by atoms with Gasteiger partial charge in [-0.2, -0.15) is 5.10 Å². The minimum absolute atomic E-state index is 0.0603. The molecule has 3 aromatic rings. The molecule has 23 heavy (non-hydrogen) atoms. The van der Waals surface area contributed by atoms with Crippen LogP contribution in [0.1, 0.15) is 34.3 Å². The van der Waals surface area contributed by atoms with Gasteiger partial charge in [0.2, 0.25) is 0 Å². The molecule has 0 spiro atoms. The van der Waals surface area contributed by atoms with Crippen molar-refractivity contribution < 1.29 is 4.79 Å². The van der Waals surface area contributed by atoms with Gasteiger partial charge in [0.15, 0.2) is 0 Å². The number of aromatic amines is 1. The average molecular weight is 306 g/mol. The maximum absolute atomic E-state index is 12.0. The quantitative estimate of drug-likeness (QED) is 0.646. The molecule has 0 saturated heterocycles. The zero-order valence-electron chi connectivity index (χ0n) is 12.8. The lowest BCUT2D eigenvalue weighted by Gasteiger charge is -2.18. The van der Waals surface area contributed by atoms with Crippen LogP contribution >= 0.6 is 0 Å². The molecule has 0 saturated carbocycles. The van der Waals surface area contributed by atoms with E-state index in [9.17, 15) is 4.79 Å². The molecule has 0 aliphatic heterocycles. The van der Waals surface area contributed by atoms with E-state index in [0.717, 1.165) is 11.1 Å². The first-order chi connectivity index (χ1) is 11.1. The van der Waals surface area contributed by atoms with Crippen molar-refractivity contribution in [3.63, 3.8) is 0 Å². The van der Waals surface area contributed by atoms with Gasteiger partial charge in [-0.3, -0.25) is 9.89 Å². The third kappa shape index (κ3) is 2.68. The topological polar surface area (TPSA) is 97.8 Å². The van der Waals surface area contributed by atoms with Gasteiger partial charge < -0.3 is 11.5 Å². The second-order valence-corrected chi connectivity index (χ2v) is 5.46. The van der Waals surface area contributed by atoms with Crippen molar-refractivity contribution in [2.75, 3.05) is 5.73 Å². The minimum Gasteiger partial charge on any atom is -0.398 e. The summed E-state index contributed by atoms with van der Waals surface area (Å²) in [4.78, 5) is 12.0. The van der Waals surface area contributed by atoms with Crippen LogP contribution in [0.25, 0.3) is 11.3 Å². The van der Waals surface area contributed by atoms with E-state index in [2.05, 4.69) is 17.1 Å². The number of hydrogen-bond donors (Lipinski definition) is 3. The number of rotatable bonds is 4. The van der Waals surface area contributed by atoms with Crippen LogP contribution in [-0.4, -0.2) is 16.1 Å². The monoisotopic (exact) mass is 306 g/mol. The largest absolute Gasteiger partial charge is 0.398 e. The van der Waals surface area contributed by atoms with Crippen molar-refractivity contribution in [2.45, 2.75) is 12.8 Å². The zero-order valence-corrected chi connectivity index (χ0v) is 12.8. The number of nitrogens with two attached hydrogens (primary N) is 2. The Morgan fingerprint density at radius 3 is 2.48 bits per heavy atom. The van der Waals surface area contributed by atoms with Crippen LogP contribution in [0.2, 0.25) is 0 Å². The number of H-pyrrole nitrogens is 1. The molecule has 5 nitrogen and oxygen atoms in total. The normalized spacial score (nSPS) is 12.0. The van der Waals surface area contributed by atoms with Gasteiger partial charge in [-0.25, -0.2) is 0 Å². The number of nitrogen functional groups attached to an aromatic ring is 1. The predicted molar refractivity (Wildman–Crippen MR) is 90.9 cm³/mol. The minimum atomic E-state index is -0.547. The van der Waals surface area contributed by atoms with Gasteiger partial charge in [0, 0.05) is 23.4 Å². The van der Waals surface area contributed by atoms with Crippen LogP contribution in [-0.2, 0) is 0 Å². The van der Waals surface area contributed by atoms with E-state index >= 15 is 0 Å². The van der Waals surface area contributed by atoms with E-state index in [-0.39, 0.29) is 5.92 Å². The van der Waals surface area contributed by atoms with Crippen molar-refractivity contribution in [2.24, 2.45) is 5.73 Å². The Bertz CT molecular complexity index is 826. The van der Waals surface area contributed by atoms with Gasteiger partial charge in [0.25, 0.3) is 5.91 Å². The molecule has 1 aromatic heterocycles. The zero-order chi connectivity index (χ0) is 16.4. The van der Waals surface area contributed by atoms with Crippen LogP contribution in [0.15, 0.2) is 54.7 Å². The molecule has 1 unspecified atom stereocenters. The maximum Gasteiger partial charge on any atom is 0.251 e. The summed E-state index contributed by atoms with van der Waals surface area (Å²) in [7, 11) is 0. The summed E-state index contributed by atoms with van der Waals surface area (Å²) in [6.07, 6.45) is 1.62. The van der Waals surface area contributed by atoms with Crippen molar-refractivity contribution in [3.05, 3.63) is 71.4 Å². The van der Waals surface area contributed by atoms with Crippen molar-refractivity contribution in [1.82, 2.24) is 10.2 Å². The SMILES string of the molecule is CC(c1ccccc1)c1ccc(-c2ccn[nH]2)c(C(N)=O)c1N. The molecule has 3 rings (SSSR count). The summed E-state index contributed by atoms with van der Waals surface area (Å²) < 4.78 is 0. The molecule has 0 aliphatic rings. The first-order valence-electron chi connectivity index (χ1n) is 7.36. The number of benzene rings is 2. The molecule has 1 amide bonds. The number of amides is 1. The summed E-state index contributed by atoms with van der Waals surface area (Å²) in [5.41, 5.74) is 16.0. The van der Waals surface area contributed by atoms with E-state index in [0.29, 0.717) is 22.5 Å². The number of anilines is 1. The number of nitrogens with one attached hydrogen (secondary N) is 1. The summed E-state index contributed by atoms with van der Waals surface area (Å²) >= 11 is 0. The molecule has 1 heterocycles. The fourth-order valence-corrected chi connectivity index (χ4v) is 2.83. The Kier molecular flexibility index (Phi) is 3.85. The Labute approximate surface area is 134 Å². The highest BCUT2D eigenvalue weighted by Crippen LogP contribution is 2.35. The Hall–Kier alpha value is -3.08. The van der Waals surface area contributed by atoms with Crippen molar-refractivity contribution in [3.8, 4) is 11.3 Å². The third-order valence-electron chi connectivity index (χ3n) is 4.08. The van der Waals surface area contributed by atoms with Crippen LogP contribution in [0, 0.1) is 0 Å². The third-order valence-corrected chi connectivity index (χ3v) is 4.08. The van der Waals surface area contributed by atoms with Crippen LogP contribution < -0.4 is 11.5 Å². The van der Waals surface area contributed by atoms with E-state index in [4.69, 9.17) is 11.5 Å². The van der Waals surface area contributed by atoms with E-state index < -0.39 is 5.91 Å². The molecular formula is C18H18N4O. The molecule has 0 radical (unpaired) electrons. The summed E-state index contributed by atoms with van der Waals surface area (Å²) in [5, 5.41) is 6.76. The van der Waals surface area contributed by atoms with Crippen LogP contribution in [0.5, 0.6) is 0 Å². The van der Waals surface area contributed by atoms with Gasteiger partial charge in [0.1, 0.15) is 0 Å². The molecular weight excluding hydrogens is 288 g/mol.